The first-order valence-electron chi connectivity index (χ1n) is 8.04. The zero-order valence-electron chi connectivity index (χ0n) is 14.7. The van der Waals surface area contributed by atoms with Gasteiger partial charge in [-0.15, -0.1) is 12.4 Å². The third-order valence-electron chi connectivity index (χ3n) is 3.90. The van der Waals surface area contributed by atoms with Crippen LogP contribution < -0.4 is 10.1 Å². The first-order valence-corrected chi connectivity index (χ1v) is 8.04. The lowest BCUT2D eigenvalue weighted by molar-refractivity contribution is -0.138. The predicted octanol–water partition coefficient (Wildman–Crippen LogP) is 4.44. The third kappa shape index (κ3) is 7.11. The Morgan fingerprint density at radius 2 is 1.70 bits per heavy atom. The molecule has 0 atom stereocenters. The molecule has 0 aliphatic carbocycles. The van der Waals surface area contributed by atoms with Gasteiger partial charge in [0.1, 0.15) is 5.75 Å². The fourth-order valence-electron chi connectivity index (χ4n) is 2.53. The summed E-state index contributed by atoms with van der Waals surface area (Å²) in [4.78, 5) is 10.7. The van der Waals surface area contributed by atoms with Crippen LogP contribution in [0.4, 0.5) is 13.2 Å². The van der Waals surface area contributed by atoms with Gasteiger partial charge < -0.3 is 15.2 Å². The molecular formula is C19H21ClF3NO3. The first kappa shape index (κ1) is 22.8. The van der Waals surface area contributed by atoms with E-state index in [1.807, 2.05) is 12.1 Å². The summed E-state index contributed by atoms with van der Waals surface area (Å²) < 4.78 is 43.0. The molecule has 0 saturated heterocycles. The van der Waals surface area contributed by atoms with Gasteiger partial charge in [0.25, 0.3) is 0 Å². The van der Waals surface area contributed by atoms with Gasteiger partial charge in [-0.05, 0) is 35.7 Å². The number of methoxy groups -OCH3 is 1. The van der Waals surface area contributed by atoms with E-state index in [9.17, 15) is 18.0 Å². The van der Waals surface area contributed by atoms with Crippen molar-refractivity contribution in [2.24, 2.45) is 0 Å². The smallest absolute Gasteiger partial charge is 0.416 e. The summed E-state index contributed by atoms with van der Waals surface area (Å²) in [5, 5.41) is 11.9. The molecule has 0 unspecified atom stereocenters. The minimum Gasteiger partial charge on any atom is -0.496 e. The number of alkyl halides is 3. The molecule has 0 aromatic heterocycles. The predicted molar refractivity (Wildman–Crippen MR) is 98.2 cm³/mol. The topological polar surface area (TPSA) is 58.6 Å². The van der Waals surface area contributed by atoms with Gasteiger partial charge >= 0.3 is 12.1 Å². The standard InChI is InChI=1S/C19H20F3NO3.ClH/c1-26-17-8-4-13(5-9-18(24)25)10-15(17)12-23-11-14-2-6-16(7-3-14)19(20,21)22;/h2-4,6-8,10,23H,5,9,11-12H2,1H3,(H,24,25);1H. The van der Waals surface area contributed by atoms with Crippen molar-refractivity contribution in [2.45, 2.75) is 32.1 Å². The maximum Gasteiger partial charge on any atom is 0.416 e. The zero-order valence-corrected chi connectivity index (χ0v) is 15.5. The SMILES string of the molecule is COc1ccc(CCC(=O)O)cc1CNCc1ccc(C(F)(F)F)cc1.Cl. The molecule has 0 saturated carbocycles. The zero-order chi connectivity index (χ0) is 19.2. The molecule has 4 nitrogen and oxygen atoms in total. The van der Waals surface area contributed by atoms with Crippen LogP contribution in [0.25, 0.3) is 0 Å². The summed E-state index contributed by atoms with van der Waals surface area (Å²) in [6, 6.07) is 10.5. The van der Waals surface area contributed by atoms with Crippen LogP contribution >= 0.6 is 12.4 Å². The number of rotatable bonds is 8. The molecule has 2 N–H and O–H groups in total. The highest BCUT2D eigenvalue weighted by Gasteiger charge is 2.29. The van der Waals surface area contributed by atoms with Crippen molar-refractivity contribution in [3.63, 3.8) is 0 Å². The molecule has 0 aliphatic heterocycles. The molecule has 0 fully saturated rings. The number of aliphatic carboxylic acids is 1. The van der Waals surface area contributed by atoms with Gasteiger partial charge in [0.2, 0.25) is 0 Å². The van der Waals surface area contributed by atoms with Crippen molar-refractivity contribution in [1.82, 2.24) is 5.32 Å². The Morgan fingerprint density at radius 3 is 2.26 bits per heavy atom. The van der Waals surface area contributed by atoms with Crippen LogP contribution in [0.1, 0.15) is 28.7 Å². The first-order chi connectivity index (χ1) is 12.3. The summed E-state index contributed by atoms with van der Waals surface area (Å²) in [7, 11) is 1.55. The Bertz CT molecular complexity index is 749. The van der Waals surface area contributed by atoms with E-state index in [-0.39, 0.29) is 18.8 Å². The van der Waals surface area contributed by atoms with Crippen molar-refractivity contribution in [1.29, 1.82) is 0 Å². The van der Waals surface area contributed by atoms with Crippen molar-refractivity contribution < 1.29 is 27.8 Å². The molecule has 0 amide bonds. The lowest BCUT2D eigenvalue weighted by atomic mass is 10.1. The largest absolute Gasteiger partial charge is 0.496 e. The molecule has 0 spiro atoms. The van der Waals surface area contributed by atoms with Gasteiger partial charge in [-0.1, -0.05) is 24.3 Å². The summed E-state index contributed by atoms with van der Waals surface area (Å²) in [6.45, 7) is 0.853. The highest BCUT2D eigenvalue weighted by molar-refractivity contribution is 5.85. The molecule has 0 aliphatic rings. The Labute approximate surface area is 161 Å². The van der Waals surface area contributed by atoms with E-state index in [0.29, 0.717) is 25.3 Å². The fourth-order valence-corrected chi connectivity index (χ4v) is 2.53. The summed E-state index contributed by atoms with van der Waals surface area (Å²) in [6.07, 6.45) is -3.87. The molecule has 0 bridgehead atoms. The Hall–Kier alpha value is -2.25. The third-order valence-corrected chi connectivity index (χ3v) is 3.90. The van der Waals surface area contributed by atoms with Crippen molar-refractivity contribution >= 4 is 18.4 Å². The highest BCUT2D eigenvalue weighted by atomic mass is 35.5. The maximum absolute atomic E-state index is 12.6. The second-order valence-electron chi connectivity index (χ2n) is 5.84. The van der Waals surface area contributed by atoms with Crippen LogP contribution in [0.5, 0.6) is 5.75 Å². The maximum atomic E-state index is 12.6. The molecule has 2 aromatic rings. The van der Waals surface area contributed by atoms with Crippen molar-refractivity contribution in [2.75, 3.05) is 7.11 Å². The van der Waals surface area contributed by atoms with Crippen LogP contribution in [0, 0.1) is 0 Å². The molecule has 27 heavy (non-hydrogen) atoms. The number of nitrogens with one attached hydrogen (secondary N) is 1. The van der Waals surface area contributed by atoms with Crippen LogP contribution in [-0.4, -0.2) is 18.2 Å². The number of hydrogen-bond acceptors (Lipinski definition) is 3. The van der Waals surface area contributed by atoms with Crippen molar-refractivity contribution in [3.8, 4) is 5.75 Å². The van der Waals surface area contributed by atoms with Gasteiger partial charge in [0, 0.05) is 25.1 Å². The number of carboxylic acid groups (broad SMARTS) is 1. The molecule has 0 heterocycles. The molecule has 148 valence electrons. The van der Waals surface area contributed by atoms with Gasteiger partial charge in [-0.2, -0.15) is 13.2 Å². The Morgan fingerprint density at radius 1 is 1.07 bits per heavy atom. The second-order valence-corrected chi connectivity index (χ2v) is 5.84. The number of ether oxygens (including phenoxy) is 1. The second kappa shape index (κ2) is 10.2. The molecule has 8 heteroatoms. The number of benzene rings is 2. The van der Waals surface area contributed by atoms with Crippen LogP contribution in [-0.2, 0) is 30.5 Å². The van der Waals surface area contributed by atoms with E-state index in [0.717, 1.165) is 28.8 Å². The molecular weight excluding hydrogens is 383 g/mol. The quantitative estimate of drug-likeness (QED) is 0.684. The average molecular weight is 404 g/mol. The number of halogens is 4. The Kier molecular flexibility index (Phi) is 8.59. The van der Waals surface area contributed by atoms with Crippen LogP contribution in [0.15, 0.2) is 42.5 Å². The number of carboxylic acids is 1. The van der Waals surface area contributed by atoms with Gasteiger partial charge in [-0.3, -0.25) is 4.79 Å². The van der Waals surface area contributed by atoms with Crippen LogP contribution in [0.3, 0.4) is 0 Å². The van der Waals surface area contributed by atoms with E-state index in [2.05, 4.69) is 5.32 Å². The minimum atomic E-state index is -4.34. The number of carbonyl (C=O) groups is 1. The fraction of sp³-hybridized carbons (Fsp3) is 0.316. The normalized spacial score (nSPS) is 11.0. The van der Waals surface area contributed by atoms with Gasteiger partial charge in [-0.25, -0.2) is 0 Å². The Balaban J connectivity index is 0.00000364. The van der Waals surface area contributed by atoms with Gasteiger partial charge in [0.05, 0.1) is 12.7 Å². The highest BCUT2D eigenvalue weighted by Crippen LogP contribution is 2.29. The monoisotopic (exact) mass is 403 g/mol. The van der Waals surface area contributed by atoms with Gasteiger partial charge in [0.15, 0.2) is 0 Å². The number of hydrogen-bond donors (Lipinski definition) is 2. The van der Waals surface area contributed by atoms with E-state index in [4.69, 9.17) is 9.84 Å². The molecule has 0 radical (unpaired) electrons. The summed E-state index contributed by atoms with van der Waals surface area (Å²) in [5.74, 6) is -0.188. The average Bonchev–Trinajstić information content (AvgIpc) is 2.60. The molecule has 2 rings (SSSR count). The van der Waals surface area contributed by atoms with Crippen molar-refractivity contribution in [3.05, 3.63) is 64.7 Å². The van der Waals surface area contributed by atoms with Crippen LogP contribution in [0.2, 0.25) is 0 Å². The summed E-state index contributed by atoms with van der Waals surface area (Å²) >= 11 is 0. The summed E-state index contributed by atoms with van der Waals surface area (Å²) in [5.41, 5.74) is 1.81. The van der Waals surface area contributed by atoms with E-state index in [1.54, 1.807) is 13.2 Å². The van der Waals surface area contributed by atoms with E-state index >= 15 is 0 Å². The lowest BCUT2D eigenvalue weighted by Gasteiger charge is -2.12. The van der Waals surface area contributed by atoms with E-state index < -0.39 is 17.7 Å². The lowest BCUT2D eigenvalue weighted by Crippen LogP contribution is -2.14. The minimum absolute atomic E-state index is 0. The molecule has 2 aromatic carbocycles. The number of aryl methyl sites for hydroxylation is 1. The van der Waals surface area contributed by atoms with E-state index in [1.165, 1.54) is 12.1 Å².